The number of ether oxygens (including phenoxy) is 1. The van der Waals surface area contributed by atoms with Gasteiger partial charge >= 0.3 is 5.97 Å². The van der Waals surface area contributed by atoms with Crippen molar-refractivity contribution in [2.75, 3.05) is 19.0 Å². The number of amides is 2. The molecule has 2 rings (SSSR count). The zero-order chi connectivity index (χ0) is 18.2. The Bertz CT molecular complexity index is 722. The van der Waals surface area contributed by atoms with E-state index < -0.39 is 5.97 Å². The lowest BCUT2D eigenvalue weighted by Crippen LogP contribution is -2.31. The lowest BCUT2D eigenvalue weighted by atomic mass is 10.2. The molecule has 0 bridgehead atoms. The van der Waals surface area contributed by atoms with Crippen LogP contribution < -0.4 is 5.32 Å². The third-order valence-electron chi connectivity index (χ3n) is 3.57. The number of carbonyl (C=O) groups excluding carboxylic acids is 3. The van der Waals surface area contributed by atoms with E-state index in [0.29, 0.717) is 23.6 Å². The van der Waals surface area contributed by atoms with Gasteiger partial charge in [-0.2, -0.15) is 0 Å². The van der Waals surface area contributed by atoms with E-state index in [9.17, 15) is 14.4 Å². The normalized spacial score (nSPS) is 10.2. The van der Waals surface area contributed by atoms with Crippen LogP contribution in [-0.4, -0.2) is 36.3 Å². The van der Waals surface area contributed by atoms with Crippen molar-refractivity contribution in [3.8, 4) is 0 Å². The second-order valence-electron chi connectivity index (χ2n) is 5.39. The number of nitrogens with one attached hydrogen (secondary N) is 1. The fraction of sp³-hybridized carbons (Fsp3) is 0.278. The molecule has 7 nitrogen and oxygen atoms in total. The fourth-order valence-electron chi connectivity index (χ4n) is 2.21. The maximum atomic E-state index is 12.1. The molecule has 1 aromatic heterocycles. The zero-order valence-electron chi connectivity index (χ0n) is 14.2. The van der Waals surface area contributed by atoms with E-state index >= 15 is 0 Å². The molecule has 2 aromatic rings. The van der Waals surface area contributed by atoms with Crippen molar-refractivity contribution in [1.29, 1.82) is 0 Å². The Labute approximate surface area is 145 Å². The molecule has 0 atom stereocenters. The van der Waals surface area contributed by atoms with Crippen molar-refractivity contribution in [2.24, 2.45) is 0 Å². The SMILES string of the molecule is COC(=O)c1ccc(NC(=O)CCN(Cc2ccco2)C(C)=O)cc1. The number of hydrogen-bond acceptors (Lipinski definition) is 5. The Balaban J connectivity index is 1.86. The van der Waals surface area contributed by atoms with Gasteiger partial charge in [-0.15, -0.1) is 0 Å². The van der Waals surface area contributed by atoms with E-state index in [0.717, 1.165) is 0 Å². The number of rotatable bonds is 7. The first-order valence-electron chi connectivity index (χ1n) is 7.75. The summed E-state index contributed by atoms with van der Waals surface area (Å²) in [4.78, 5) is 36.6. The van der Waals surface area contributed by atoms with Crippen LogP contribution in [-0.2, 0) is 20.9 Å². The maximum Gasteiger partial charge on any atom is 0.337 e. The fourth-order valence-corrected chi connectivity index (χ4v) is 2.21. The minimum Gasteiger partial charge on any atom is -0.467 e. The highest BCUT2D eigenvalue weighted by Gasteiger charge is 2.13. The van der Waals surface area contributed by atoms with Crippen molar-refractivity contribution in [3.05, 3.63) is 54.0 Å². The summed E-state index contributed by atoms with van der Waals surface area (Å²) in [5, 5.41) is 2.73. The minimum atomic E-state index is -0.437. The van der Waals surface area contributed by atoms with Crippen LogP contribution in [0.3, 0.4) is 0 Å². The average molecular weight is 344 g/mol. The summed E-state index contributed by atoms with van der Waals surface area (Å²) in [7, 11) is 1.31. The molecule has 0 aliphatic rings. The number of methoxy groups -OCH3 is 1. The molecular weight excluding hydrogens is 324 g/mol. The molecule has 132 valence electrons. The summed E-state index contributed by atoms with van der Waals surface area (Å²) in [5.74, 6) is -0.134. The number of anilines is 1. The standard InChI is InChI=1S/C18H20N2O5/c1-13(21)20(12-16-4-3-11-25-16)10-9-17(22)19-15-7-5-14(6-8-15)18(23)24-2/h3-8,11H,9-10,12H2,1-2H3,(H,19,22). The van der Waals surface area contributed by atoms with Crippen LogP contribution in [0.5, 0.6) is 0 Å². The number of furan rings is 1. The van der Waals surface area contributed by atoms with Gasteiger partial charge in [0.05, 0.1) is 25.5 Å². The quantitative estimate of drug-likeness (QED) is 0.779. The molecule has 1 N–H and O–H groups in total. The molecule has 0 aliphatic heterocycles. The van der Waals surface area contributed by atoms with Crippen LogP contribution in [0, 0.1) is 0 Å². The van der Waals surface area contributed by atoms with Gasteiger partial charge in [-0.1, -0.05) is 0 Å². The lowest BCUT2D eigenvalue weighted by molar-refractivity contribution is -0.130. The molecule has 25 heavy (non-hydrogen) atoms. The predicted molar refractivity (Wildman–Crippen MR) is 90.8 cm³/mol. The first-order valence-corrected chi connectivity index (χ1v) is 7.75. The second kappa shape index (κ2) is 8.68. The summed E-state index contributed by atoms with van der Waals surface area (Å²) in [6, 6.07) is 9.91. The zero-order valence-corrected chi connectivity index (χ0v) is 14.2. The number of benzene rings is 1. The van der Waals surface area contributed by atoms with Crippen molar-refractivity contribution in [3.63, 3.8) is 0 Å². The molecule has 2 amide bonds. The molecule has 0 unspecified atom stereocenters. The van der Waals surface area contributed by atoms with Crippen LogP contribution >= 0.6 is 0 Å². The van der Waals surface area contributed by atoms with Crippen LogP contribution in [0.4, 0.5) is 5.69 Å². The summed E-state index contributed by atoms with van der Waals surface area (Å²) in [6.45, 7) is 2.05. The van der Waals surface area contributed by atoms with Gasteiger partial charge < -0.3 is 19.4 Å². The van der Waals surface area contributed by atoms with Crippen LogP contribution in [0.25, 0.3) is 0 Å². The minimum absolute atomic E-state index is 0.133. The van der Waals surface area contributed by atoms with Crippen molar-refractivity contribution in [1.82, 2.24) is 4.90 Å². The third kappa shape index (κ3) is 5.49. The van der Waals surface area contributed by atoms with Gasteiger partial charge in [0.1, 0.15) is 5.76 Å². The molecule has 0 saturated carbocycles. The smallest absolute Gasteiger partial charge is 0.337 e. The molecular formula is C18H20N2O5. The average Bonchev–Trinajstić information content (AvgIpc) is 3.11. The first kappa shape index (κ1) is 18.3. The van der Waals surface area contributed by atoms with E-state index in [1.54, 1.807) is 47.6 Å². The van der Waals surface area contributed by atoms with Crippen molar-refractivity contribution < 1.29 is 23.5 Å². The number of hydrogen-bond donors (Lipinski definition) is 1. The Morgan fingerprint density at radius 1 is 1.16 bits per heavy atom. The van der Waals surface area contributed by atoms with Crippen LogP contribution in [0.15, 0.2) is 47.1 Å². The van der Waals surface area contributed by atoms with Crippen molar-refractivity contribution >= 4 is 23.5 Å². The molecule has 0 aliphatic carbocycles. The molecule has 0 saturated heterocycles. The first-order chi connectivity index (χ1) is 12.0. The monoisotopic (exact) mass is 344 g/mol. The Hall–Kier alpha value is -3.09. The molecule has 1 aromatic carbocycles. The van der Waals surface area contributed by atoms with E-state index in [-0.39, 0.29) is 24.8 Å². The second-order valence-corrected chi connectivity index (χ2v) is 5.39. The largest absolute Gasteiger partial charge is 0.467 e. The molecule has 0 fully saturated rings. The van der Waals surface area contributed by atoms with Gasteiger partial charge in [-0.05, 0) is 36.4 Å². The van der Waals surface area contributed by atoms with Gasteiger partial charge in [-0.3, -0.25) is 9.59 Å². The van der Waals surface area contributed by atoms with E-state index in [2.05, 4.69) is 10.1 Å². The highest BCUT2D eigenvalue weighted by atomic mass is 16.5. The molecule has 1 heterocycles. The molecule has 0 spiro atoms. The van der Waals surface area contributed by atoms with Gasteiger partial charge in [0, 0.05) is 25.6 Å². The van der Waals surface area contributed by atoms with E-state index in [1.807, 2.05) is 0 Å². The summed E-state index contributed by atoms with van der Waals surface area (Å²) in [6.07, 6.45) is 1.69. The van der Waals surface area contributed by atoms with Gasteiger partial charge in [0.15, 0.2) is 0 Å². The number of nitrogens with zero attached hydrogens (tertiary/aromatic N) is 1. The van der Waals surface area contributed by atoms with E-state index in [4.69, 9.17) is 4.42 Å². The van der Waals surface area contributed by atoms with Gasteiger partial charge in [0.25, 0.3) is 0 Å². The number of esters is 1. The Morgan fingerprint density at radius 2 is 1.88 bits per heavy atom. The predicted octanol–water partition coefficient (Wildman–Crippen LogP) is 2.44. The third-order valence-corrected chi connectivity index (χ3v) is 3.57. The molecule has 0 radical (unpaired) electrons. The highest BCUT2D eigenvalue weighted by Crippen LogP contribution is 2.11. The topological polar surface area (TPSA) is 88.8 Å². The van der Waals surface area contributed by atoms with Crippen molar-refractivity contribution in [2.45, 2.75) is 19.9 Å². The summed E-state index contributed by atoms with van der Waals surface area (Å²) < 4.78 is 9.84. The molecule has 7 heteroatoms. The van der Waals surface area contributed by atoms with Crippen LogP contribution in [0.1, 0.15) is 29.5 Å². The van der Waals surface area contributed by atoms with Crippen LogP contribution in [0.2, 0.25) is 0 Å². The van der Waals surface area contributed by atoms with Gasteiger partial charge in [-0.25, -0.2) is 4.79 Å². The Morgan fingerprint density at radius 3 is 2.44 bits per heavy atom. The summed E-state index contributed by atoms with van der Waals surface area (Å²) >= 11 is 0. The maximum absolute atomic E-state index is 12.1. The number of carbonyl (C=O) groups is 3. The lowest BCUT2D eigenvalue weighted by Gasteiger charge is -2.19. The Kier molecular flexibility index (Phi) is 6.33. The highest BCUT2D eigenvalue weighted by molar-refractivity contribution is 5.93. The van der Waals surface area contributed by atoms with E-state index in [1.165, 1.54) is 14.0 Å². The van der Waals surface area contributed by atoms with Gasteiger partial charge in [0.2, 0.25) is 11.8 Å². The summed E-state index contributed by atoms with van der Waals surface area (Å²) in [5.41, 5.74) is 0.972.